The molecule has 1 aromatic rings. The second-order valence-electron chi connectivity index (χ2n) is 4.46. The molecule has 1 saturated heterocycles. The zero-order valence-corrected chi connectivity index (χ0v) is 9.66. The summed E-state index contributed by atoms with van der Waals surface area (Å²) in [4.78, 5) is 2.50. The van der Waals surface area contributed by atoms with Crippen LogP contribution in [-0.2, 0) is 6.54 Å². The first-order valence-electron chi connectivity index (χ1n) is 5.79. The lowest BCUT2D eigenvalue weighted by Gasteiger charge is -2.27. The molecule has 1 aliphatic heterocycles. The zero-order valence-electron chi connectivity index (χ0n) is 9.66. The van der Waals surface area contributed by atoms with Gasteiger partial charge in [-0.2, -0.15) is 0 Å². The van der Waals surface area contributed by atoms with Crippen LogP contribution in [0.25, 0.3) is 0 Å². The molecular formula is C13H20N2. The van der Waals surface area contributed by atoms with E-state index < -0.39 is 0 Å². The van der Waals surface area contributed by atoms with E-state index in [1.54, 1.807) is 0 Å². The molecule has 1 atom stereocenters. The van der Waals surface area contributed by atoms with Crippen LogP contribution in [0.15, 0.2) is 18.2 Å². The molecule has 0 spiro atoms. The highest BCUT2D eigenvalue weighted by atomic mass is 15.2. The molecule has 1 heterocycles. The summed E-state index contributed by atoms with van der Waals surface area (Å²) in [5.74, 6) is 0. The average Bonchev–Trinajstić information content (AvgIpc) is 2.64. The minimum atomic E-state index is 0.644. The fraction of sp³-hybridized carbons (Fsp3) is 0.538. The van der Waals surface area contributed by atoms with Gasteiger partial charge in [0.05, 0.1) is 0 Å². The summed E-state index contributed by atoms with van der Waals surface area (Å²) in [6.45, 7) is 6.27. The molecule has 82 valence electrons. The van der Waals surface area contributed by atoms with Crippen LogP contribution in [-0.4, -0.2) is 12.6 Å². The summed E-state index contributed by atoms with van der Waals surface area (Å²) in [7, 11) is 0. The Balaban J connectivity index is 2.38. The van der Waals surface area contributed by atoms with Crippen LogP contribution < -0.4 is 10.6 Å². The third-order valence-electron chi connectivity index (χ3n) is 3.45. The number of hydrogen-bond donors (Lipinski definition) is 1. The highest BCUT2D eigenvalue weighted by Gasteiger charge is 2.22. The maximum Gasteiger partial charge on any atom is 0.0416 e. The van der Waals surface area contributed by atoms with E-state index in [-0.39, 0.29) is 0 Å². The van der Waals surface area contributed by atoms with Gasteiger partial charge in [-0.05, 0) is 43.9 Å². The van der Waals surface area contributed by atoms with Crippen molar-refractivity contribution < 1.29 is 0 Å². The van der Waals surface area contributed by atoms with Crippen LogP contribution in [0.4, 0.5) is 5.69 Å². The van der Waals surface area contributed by atoms with Crippen molar-refractivity contribution in [2.45, 2.75) is 39.3 Å². The molecule has 1 aliphatic rings. The molecule has 0 amide bonds. The SMILES string of the molecule is Cc1cccc(N2CCCC2C)c1CN. The number of nitrogens with two attached hydrogens (primary N) is 1. The number of rotatable bonds is 2. The number of nitrogens with zero attached hydrogens (tertiary/aromatic N) is 1. The normalized spacial score (nSPS) is 21.0. The lowest BCUT2D eigenvalue weighted by Crippen LogP contribution is -2.28. The van der Waals surface area contributed by atoms with Crippen molar-refractivity contribution >= 4 is 5.69 Å². The van der Waals surface area contributed by atoms with Crippen molar-refractivity contribution in [3.8, 4) is 0 Å². The predicted octanol–water partition coefficient (Wildman–Crippen LogP) is 2.44. The summed E-state index contributed by atoms with van der Waals surface area (Å²) in [5, 5.41) is 0. The van der Waals surface area contributed by atoms with E-state index in [4.69, 9.17) is 5.73 Å². The second kappa shape index (κ2) is 4.23. The topological polar surface area (TPSA) is 29.3 Å². The number of hydrogen-bond acceptors (Lipinski definition) is 2. The minimum absolute atomic E-state index is 0.644. The Morgan fingerprint density at radius 1 is 1.47 bits per heavy atom. The highest BCUT2D eigenvalue weighted by molar-refractivity contribution is 5.57. The van der Waals surface area contributed by atoms with Crippen LogP contribution in [0.2, 0.25) is 0 Å². The maximum atomic E-state index is 5.84. The number of aryl methyl sites for hydroxylation is 1. The number of anilines is 1. The molecule has 2 rings (SSSR count). The lowest BCUT2D eigenvalue weighted by molar-refractivity contribution is 0.731. The van der Waals surface area contributed by atoms with Crippen molar-refractivity contribution in [2.75, 3.05) is 11.4 Å². The van der Waals surface area contributed by atoms with E-state index >= 15 is 0 Å². The summed E-state index contributed by atoms with van der Waals surface area (Å²) in [6.07, 6.45) is 2.61. The van der Waals surface area contributed by atoms with Gasteiger partial charge in [-0.3, -0.25) is 0 Å². The Labute approximate surface area is 92.1 Å². The van der Waals surface area contributed by atoms with E-state index in [9.17, 15) is 0 Å². The van der Waals surface area contributed by atoms with Gasteiger partial charge in [0.25, 0.3) is 0 Å². The molecule has 1 fully saturated rings. The maximum absolute atomic E-state index is 5.84. The highest BCUT2D eigenvalue weighted by Crippen LogP contribution is 2.29. The van der Waals surface area contributed by atoms with E-state index in [0.717, 1.165) is 0 Å². The molecule has 2 nitrogen and oxygen atoms in total. The first-order valence-corrected chi connectivity index (χ1v) is 5.79. The van der Waals surface area contributed by atoms with Crippen LogP contribution in [0.1, 0.15) is 30.9 Å². The van der Waals surface area contributed by atoms with Crippen molar-refractivity contribution in [3.05, 3.63) is 29.3 Å². The molecule has 0 aromatic heterocycles. The molecule has 15 heavy (non-hydrogen) atoms. The van der Waals surface area contributed by atoms with Gasteiger partial charge in [-0.25, -0.2) is 0 Å². The Morgan fingerprint density at radius 3 is 2.87 bits per heavy atom. The van der Waals surface area contributed by atoms with Crippen LogP contribution >= 0.6 is 0 Å². The molecule has 0 bridgehead atoms. The standard InChI is InChI=1S/C13H20N2/c1-10-5-3-7-13(12(10)9-14)15-8-4-6-11(15)2/h3,5,7,11H,4,6,8-9,14H2,1-2H3. The summed E-state index contributed by atoms with van der Waals surface area (Å²) < 4.78 is 0. The predicted molar refractivity (Wildman–Crippen MR) is 65.1 cm³/mol. The summed E-state index contributed by atoms with van der Waals surface area (Å²) >= 11 is 0. The van der Waals surface area contributed by atoms with Crippen molar-refractivity contribution in [1.82, 2.24) is 0 Å². The van der Waals surface area contributed by atoms with Gasteiger partial charge >= 0.3 is 0 Å². The smallest absolute Gasteiger partial charge is 0.0416 e. The molecule has 0 saturated carbocycles. The molecule has 2 N–H and O–H groups in total. The molecule has 1 aromatic carbocycles. The van der Waals surface area contributed by atoms with Gasteiger partial charge in [0.15, 0.2) is 0 Å². The van der Waals surface area contributed by atoms with Gasteiger partial charge in [-0.15, -0.1) is 0 Å². The summed E-state index contributed by atoms with van der Waals surface area (Å²) in [5.41, 5.74) is 9.81. The fourth-order valence-corrected chi connectivity index (χ4v) is 2.51. The quantitative estimate of drug-likeness (QED) is 0.801. The largest absolute Gasteiger partial charge is 0.369 e. The van der Waals surface area contributed by atoms with Crippen LogP contribution in [0.3, 0.4) is 0 Å². The first kappa shape index (κ1) is 10.5. The molecule has 2 heteroatoms. The Bertz CT molecular complexity index is 346. The lowest BCUT2D eigenvalue weighted by atomic mass is 10.1. The van der Waals surface area contributed by atoms with Gasteiger partial charge in [0.1, 0.15) is 0 Å². The number of benzene rings is 1. The molecule has 0 aliphatic carbocycles. The molecular weight excluding hydrogens is 184 g/mol. The van der Waals surface area contributed by atoms with Crippen molar-refractivity contribution in [1.29, 1.82) is 0 Å². The fourth-order valence-electron chi connectivity index (χ4n) is 2.51. The Hall–Kier alpha value is -1.02. The van der Waals surface area contributed by atoms with Crippen LogP contribution in [0, 0.1) is 6.92 Å². The van der Waals surface area contributed by atoms with E-state index in [1.807, 2.05) is 0 Å². The van der Waals surface area contributed by atoms with Gasteiger partial charge in [-0.1, -0.05) is 12.1 Å². The van der Waals surface area contributed by atoms with Gasteiger partial charge < -0.3 is 10.6 Å². The third-order valence-corrected chi connectivity index (χ3v) is 3.45. The monoisotopic (exact) mass is 204 g/mol. The second-order valence-corrected chi connectivity index (χ2v) is 4.46. The zero-order chi connectivity index (χ0) is 10.8. The molecule has 0 radical (unpaired) electrons. The molecule has 1 unspecified atom stereocenters. The van der Waals surface area contributed by atoms with E-state index in [0.29, 0.717) is 12.6 Å². The minimum Gasteiger partial charge on any atom is -0.369 e. The Kier molecular flexibility index (Phi) is 2.96. The summed E-state index contributed by atoms with van der Waals surface area (Å²) in [6, 6.07) is 7.15. The van der Waals surface area contributed by atoms with Gasteiger partial charge in [0.2, 0.25) is 0 Å². The Morgan fingerprint density at radius 2 is 2.27 bits per heavy atom. The van der Waals surface area contributed by atoms with Crippen molar-refractivity contribution in [3.63, 3.8) is 0 Å². The average molecular weight is 204 g/mol. The third kappa shape index (κ3) is 1.86. The first-order chi connectivity index (χ1) is 7.24. The van der Waals surface area contributed by atoms with Gasteiger partial charge in [0, 0.05) is 24.8 Å². The van der Waals surface area contributed by atoms with Crippen LogP contribution in [0.5, 0.6) is 0 Å². The van der Waals surface area contributed by atoms with Crippen molar-refractivity contribution in [2.24, 2.45) is 5.73 Å². The van der Waals surface area contributed by atoms with E-state index in [2.05, 4.69) is 36.9 Å². The van der Waals surface area contributed by atoms with E-state index in [1.165, 1.54) is 36.2 Å².